The molecular weight excluding hydrogens is 274 g/mol. The molecule has 0 aliphatic heterocycles. The van der Waals surface area contributed by atoms with Gasteiger partial charge in [-0.05, 0) is 30.7 Å². The monoisotopic (exact) mass is 289 g/mol. The Kier molecular flexibility index (Phi) is 5.02. The maximum absolute atomic E-state index is 12.2. The Labute approximate surface area is 123 Å². The Balaban J connectivity index is 2.05. The zero-order chi connectivity index (χ0) is 14.4. The van der Waals surface area contributed by atoms with Crippen molar-refractivity contribution in [1.82, 2.24) is 0 Å². The first-order valence-electron chi connectivity index (χ1n) is 6.47. The van der Waals surface area contributed by atoms with Crippen molar-refractivity contribution in [3.63, 3.8) is 0 Å². The number of nitrogens with one attached hydrogen (secondary N) is 1. The molecule has 0 bridgehead atoms. The zero-order valence-corrected chi connectivity index (χ0v) is 11.9. The van der Waals surface area contributed by atoms with Crippen LogP contribution in [0.1, 0.15) is 13.3 Å². The maximum Gasteiger partial charge on any atom is 0.265 e. The molecule has 0 aliphatic carbocycles. The SMILES string of the molecule is CC[C@@H](Oc1ccccc1Cl)C(=O)Nc1ccccc1. The van der Waals surface area contributed by atoms with E-state index in [1.54, 1.807) is 12.1 Å². The fourth-order valence-corrected chi connectivity index (χ4v) is 1.94. The van der Waals surface area contributed by atoms with Crippen molar-refractivity contribution in [2.75, 3.05) is 5.32 Å². The van der Waals surface area contributed by atoms with Crippen LogP contribution in [0.15, 0.2) is 54.6 Å². The van der Waals surface area contributed by atoms with E-state index in [1.807, 2.05) is 49.4 Å². The average molecular weight is 290 g/mol. The number of halogens is 1. The number of carbonyl (C=O) groups is 1. The molecule has 1 atom stereocenters. The molecule has 0 spiro atoms. The van der Waals surface area contributed by atoms with Gasteiger partial charge in [0.2, 0.25) is 0 Å². The molecule has 104 valence electrons. The van der Waals surface area contributed by atoms with E-state index in [4.69, 9.17) is 16.3 Å². The van der Waals surface area contributed by atoms with Crippen LogP contribution in [0.4, 0.5) is 5.69 Å². The molecular formula is C16H16ClNO2. The minimum atomic E-state index is -0.574. The summed E-state index contributed by atoms with van der Waals surface area (Å²) in [4.78, 5) is 12.2. The van der Waals surface area contributed by atoms with Gasteiger partial charge in [0.25, 0.3) is 5.91 Å². The van der Waals surface area contributed by atoms with Crippen molar-refractivity contribution >= 4 is 23.2 Å². The maximum atomic E-state index is 12.2. The summed E-state index contributed by atoms with van der Waals surface area (Å²) in [5.41, 5.74) is 0.749. The molecule has 4 heteroatoms. The molecule has 0 unspecified atom stereocenters. The summed E-state index contributed by atoms with van der Waals surface area (Å²) in [5.74, 6) is 0.336. The van der Waals surface area contributed by atoms with Crippen LogP contribution in [0.25, 0.3) is 0 Å². The number of rotatable bonds is 5. The largest absolute Gasteiger partial charge is 0.479 e. The van der Waals surface area contributed by atoms with Crippen molar-refractivity contribution in [3.05, 3.63) is 59.6 Å². The van der Waals surface area contributed by atoms with Gasteiger partial charge < -0.3 is 10.1 Å². The third-order valence-electron chi connectivity index (χ3n) is 2.81. The number of ether oxygens (including phenoxy) is 1. The van der Waals surface area contributed by atoms with Crippen molar-refractivity contribution in [2.24, 2.45) is 0 Å². The van der Waals surface area contributed by atoms with Gasteiger partial charge in [-0.3, -0.25) is 4.79 Å². The molecule has 0 aromatic heterocycles. The average Bonchev–Trinajstić information content (AvgIpc) is 2.47. The number of para-hydroxylation sites is 2. The van der Waals surface area contributed by atoms with Gasteiger partial charge in [-0.25, -0.2) is 0 Å². The van der Waals surface area contributed by atoms with Crippen molar-refractivity contribution in [2.45, 2.75) is 19.4 Å². The Hall–Kier alpha value is -2.00. The van der Waals surface area contributed by atoms with E-state index in [0.717, 1.165) is 5.69 Å². The Morgan fingerprint density at radius 1 is 1.15 bits per heavy atom. The van der Waals surface area contributed by atoms with Gasteiger partial charge >= 0.3 is 0 Å². The molecule has 0 heterocycles. The molecule has 2 aromatic rings. The van der Waals surface area contributed by atoms with Crippen LogP contribution in [0, 0.1) is 0 Å². The second-order valence-corrected chi connectivity index (χ2v) is 4.71. The van der Waals surface area contributed by atoms with Gasteiger partial charge in [0, 0.05) is 5.69 Å². The third kappa shape index (κ3) is 3.75. The molecule has 1 amide bonds. The highest BCUT2D eigenvalue weighted by atomic mass is 35.5. The summed E-state index contributed by atoms with van der Waals surface area (Å²) in [7, 11) is 0. The predicted octanol–water partition coefficient (Wildman–Crippen LogP) is 4.14. The van der Waals surface area contributed by atoms with E-state index in [9.17, 15) is 4.79 Å². The van der Waals surface area contributed by atoms with Gasteiger partial charge in [0.15, 0.2) is 6.10 Å². The van der Waals surface area contributed by atoms with Gasteiger partial charge in [-0.1, -0.05) is 48.9 Å². The lowest BCUT2D eigenvalue weighted by atomic mass is 10.2. The minimum Gasteiger partial charge on any atom is -0.479 e. The van der Waals surface area contributed by atoms with Crippen molar-refractivity contribution < 1.29 is 9.53 Å². The summed E-state index contributed by atoms with van der Waals surface area (Å²) in [6, 6.07) is 16.4. The molecule has 0 aliphatic rings. The van der Waals surface area contributed by atoms with Gasteiger partial charge in [-0.2, -0.15) is 0 Å². The highest BCUT2D eigenvalue weighted by Crippen LogP contribution is 2.25. The zero-order valence-electron chi connectivity index (χ0n) is 11.2. The molecule has 0 saturated heterocycles. The summed E-state index contributed by atoms with van der Waals surface area (Å²) < 4.78 is 5.68. The quantitative estimate of drug-likeness (QED) is 0.898. The van der Waals surface area contributed by atoms with E-state index >= 15 is 0 Å². The fourth-order valence-electron chi connectivity index (χ4n) is 1.76. The minimum absolute atomic E-state index is 0.182. The van der Waals surface area contributed by atoms with Crippen molar-refractivity contribution in [3.8, 4) is 5.75 Å². The Morgan fingerprint density at radius 2 is 1.80 bits per heavy atom. The lowest BCUT2D eigenvalue weighted by Crippen LogP contribution is -2.32. The second-order valence-electron chi connectivity index (χ2n) is 4.30. The number of benzene rings is 2. The first kappa shape index (κ1) is 14.4. The summed E-state index contributed by atoms with van der Waals surface area (Å²) in [6.07, 6.45) is -0.0146. The van der Waals surface area contributed by atoms with Crippen LogP contribution in [-0.2, 0) is 4.79 Å². The van der Waals surface area contributed by atoms with Crippen LogP contribution in [0.2, 0.25) is 5.02 Å². The molecule has 20 heavy (non-hydrogen) atoms. The fraction of sp³-hybridized carbons (Fsp3) is 0.188. The van der Waals surface area contributed by atoms with Crippen LogP contribution in [0.3, 0.4) is 0 Å². The molecule has 0 fully saturated rings. The van der Waals surface area contributed by atoms with E-state index in [1.165, 1.54) is 0 Å². The second kappa shape index (κ2) is 6.96. The molecule has 2 rings (SSSR count). The standard InChI is InChI=1S/C16H16ClNO2/c1-2-14(20-15-11-7-6-10-13(15)17)16(19)18-12-8-4-3-5-9-12/h3-11,14H,2H2,1H3,(H,18,19)/t14-/m1/s1. The molecule has 3 nitrogen and oxygen atoms in total. The molecule has 0 saturated carbocycles. The van der Waals surface area contributed by atoms with Crippen LogP contribution in [0.5, 0.6) is 5.75 Å². The topological polar surface area (TPSA) is 38.3 Å². The van der Waals surface area contributed by atoms with Crippen LogP contribution >= 0.6 is 11.6 Å². The number of amides is 1. The summed E-state index contributed by atoms with van der Waals surface area (Å²) in [6.45, 7) is 1.89. The Morgan fingerprint density at radius 3 is 2.45 bits per heavy atom. The number of anilines is 1. The van der Waals surface area contributed by atoms with E-state index in [0.29, 0.717) is 17.2 Å². The highest BCUT2D eigenvalue weighted by Gasteiger charge is 2.19. The van der Waals surface area contributed by atoms with E-state index < -0.39 is 6.10 Å². The third-order valence-corrected chi connectivity index (χ3v) is 3.12. The highest BCUT2D eigenvalue weighted by molar-refractivity contribution is 6.32. The lowest BCUT2D eigenvalue weighted by molar-refractivity contribution is -0.122. The van der Waals surface area contributed by atoms with Crippen LogP contribution < -0.4 is 10.1 Å². The summed E-state index contributed by atoms with van der Waals surface area (Å²) in [5, 5.41) is 3.32. The molecule has 2 aromatic carbocycles. The molecule has 1 N–H and O–H groups in total. The predicted molar refractivity (Wildman–Crippen MR) is 81.2 cm³/mol. The Bertz CT molecular complexity index is 572. The normalized spacial score (nSPS) is 11.7. The number of hydrogen-bond donors (Lipinski definition) is 1. The first-order chi connectivity index (χ1) is 9.70. The van der Waals surface area contributed by atoms with E-state index in [-0.39, 0.29) is 5.91 Å². The summed E-state index contributed by atoms with van der Waals surface area (Å²) >= 11 is 6.03. The van der Waals surface area contributed by atoms with E-state index in [2.05, 4.69) is 5.32 Å². The van der Waals surface area contributed by atoms with Crippen LogP contribution in [-0.4, -0.2) is 12.0 Å². The number of hydrogen-bond acceptors (Lipinski definition) is 2. The first-order valence-corrected chi connectivity index (χ1v) is 6.85. The number of carbonyl (C=O) groups excluding carboxylic acids is 1. The van der Waals surface area contributed by atoms with Gasteiger partial charge in [0.05, 0.1) is 5.02 Å². The van der Waals surface area contributed by atoms with Gasteiger partial charge in [0.1, 0.15) is 5.75 Å². The molecule has 0 radical (unpaired) electrons. The smallest absolute Gasteiger partial charge is 0.265 e. The van der Waals surface area contributed by atoms with Crippen molar-refractivity contribution in [1.29, 1.82) is 0 Å². The van der Waals surface area contributed by atoms with Gasteiger partial charge in [-0.15, -0.1) is 0 Å². The lowest BCUT2D eigenvalue weighted by Gasteiger charge is -2.18.